The van der Waals surface area contributed by atoms with E-state index in [1.54, 1.807) is 18.2 Å². The molecule has 1 aromatic rings. The number of anilines is 2. The third kappa shape index (κ3) is 3.78. The van der Waals surface area contributed by atoms with Gasteiger partial charge in [-0.05, 0) is 37.8 Å². The van der Waals surface area contributed by atoms with Crippen molar-refractivity contribution in [2.45, 2.75) is 37.9 Å². The van der Waals surface area contributed by atoms with Crippen LogP contribution in [0.1, 0.15) is 36.0 Å². The molecule has 1 aliphatic rings. The van der Waals surface area contributed by atoms with Gasteiger partial charge in [-0.25, -0.2) is 9.59 Å². The van der Waals surface area contributed by atoms with Gasteiger partial charge in [0.2, 0.25) is 0 Å². The summed E-state index contributed by atoms with van der Waals surface area (Å²) < 4.78 is 10.6. The maximum Gasteiger partial charge on any atom is 0.340 e. The molecular formula is C16H20N2O4. The normalized spacial score (nSPS) is 20.9. The molecule has 0 saturated heterocycles. The summed E-state index contributed by atoms with van der Waals surface area (Å²) in [5.74, 6) is -0.899. The Morgan fingerprint density at radius 2 is 1.68 bits per heavy atom. The van der Waals surface area contributed by atoms with Gasteiger partial charge in [-0.15, -0.1) is 0 Å². The minimum absolute atomic E-state index is 0.141. The zero-order valence-corrected chi connectivity index (χ0v) is 12.3. The molecule has 6 heteroatoms. The number of esters is 2. The van der Waals surface area contributed by atoms with Gasteiger partial charge >= 0.3 is 11.9 Å². The van der Waals surface area contributed by atoms with Crippen LogP contribution in [0.4, 0.5) is 11.4 Å². The number of nitrogen functional groups attached to an aromatic ring is 2. The molecule has 1 aliphatic carbocycles. The number of carbonyl (C=O) groups excluding carboxylic acids is 2. The second-order valence-corrected chi connectivity index (χ2v) is 5.25. The predicted molar refractivity (Wildman–Crippen MR) is 83.0 cm³/mol. The Labute approximate surface area is 129 Å². The maximum atomic E-state index is 12.1. The predicted octanol–water partition coefficient (Wildman–Crippen LogP) is 2.05. The van der Waals surface area contributed by atoms with Crippen molar-refractivity contribution < 1.29 is 19.1 Å². The standard InChI is InChI=1S/C16H20N2O4/c1-2-14(19)21-10-6-8-11(9-7-10)22-16(20)12-4-3-5-13(17)15(12)18/h2-5,10-11H,1,6-9,17-18H2. The third-order valence-electron chi connectivity index (χ3n) is 3.70. The van der Waals surface area contributed by atoms with Crippen LogP contribution in [-0.4, -0.2) is 24.1 Å². The highest BCUT2D eigenvalue weighted by Gasteiger charge is 2.26. The Hall–Kier alpha value is -2.50. The molecule has 1 aromatic carbocycles. The van der Waals surface area contributed by atoms with Crippen LogP contribution < -0.4 is 11.5 Å². The Balaban J connectivity index is 1.88. The van der Waals surface area contributed by atoms with Crippen LogP contribution >= 0.6 is 0 Å². The molecule has 4 N–H and O–H groups in total. The monoisotopic (exact) mass is 304 g/mol. The van der Waals surface area contributed by atoms with Crippen molar-refractivity contribution in [2.24, 2.45) is 0 Å². The first-order valence-corrected chi connectivity index (χ1v) is 7.19. The summed E-state index contributed by atoms with van der Waals surface area (Å²) in [5, 5.41) is 0. The smallest absolute Gasteiger partial charge is 0.340 e. The zero-order valence-electron chi connectivity index (χ0n) is 12.3. The molecule has 118 valence electrons. The molecule has 22 heavy (non-hydrogen) atoms. The highest BCUT2D eigenvalue weighted by atomic mass is 16.6. The van der Waals surface area contributed by atoms with Crippen molar-refractivity contribution in [1.82, 2.24) is 0 Å². The average Bonchev–Trinajstić information content (AvgIpc) is 2.51. The van der Waals surface area contributed by atoms with E-state index in [0.717, 1.165) is 6.08 Å². The third-order valence-corrected chi connectivity index (χ3v) is 3.70. The van der Waals surface area contributed by atoms with Gasteiger partial charge in [0, 0.05) is 6.08 Å². The van der Waals surface area contributed by atoms with Gasteiger partial charge in [0.25, 0.3) is 0 Å². The molecular weight excluding hydrogens is 284 g/mol. The van der Waals surface area contributed by atoms with Crippen LogP contribution in [0.25, 0.3) is 0 Å². The number of para-hydroxylation sites is 1. The number of rotatable bonds is 4. The van der Waals surface area contributed by atoms with Gasteiger partial charge in [-0.3, -0.25) is 0 Å². The van der Waals surface area contributed by atoms with Crippen molar-refractivity contribution in [3.05, 3.63) is 36.4 Å². The zero-order chi connectivity index (χ0) is 16.1. The molecule has 0 bridgehead atoms. The molecule has 0 spiro atoms. The van der Waals surface area contributed by atoms with Crippen LogP contribution in [0, 0.1) is 0 Å². The fraction of sp³-hybridized carbons (Fsp3) is 0.375. The molecule has 2 rings (SSSR count). The number of hydrogen-bond acceptors (Lipinski definition) is 6. The van der Waals surface area contributed by atoms with E-state index in [2.05, 4.69) is 6.58 Å². The molecule has 0 unspecified atom stereocenters. The minimum Gasteiger partial charge on any atom is -0.459 e. The van der Waals surface area contributed by atoms with E-state index in [1.807, 2.05) is 0 Å². The second-order valence-electron chi connectivity index (χ2n) is 5.25. The molecule has 0 radical (unpaired) electrons. The van der Waals surface area contributed by atoms with Gasteiger partial charge < -0.3 is 20.9 Å². The van der Waals surface area contributed by atoms with Gasteiger partial charge in [0.05, 0.1) is 16.9 Å². The topological polar surface area (TPSA) is 105 Å². The Kier molecular flexibility index (Phi) is 5.04. The van der Waals surface area contributed by atoms with E-state index in [0.29, 0.717) is 31.4 Å². The summed E-state index contributed by atoms with van der Waals surface area (Å²) in [6.45, 7) is 3.36. The van der Waals surface area contributed by atoms with Crippen LogP contribution in [0.3, 0.4) is 0 Å². The first kappa shape index (κ1) is 15.9. The highest BCUT2D eigenvalue weighted by Crippen LogP contribution is 2.26. The molecule has 1 saturated carbocycles. The summed E-state index contributed by atoms with van der Waals surface area (Å²) in [4.78, 5) is 23.3. The fourth-order valence-corrected chi connectivity index (χ4v) is 2.46. The number of benzene rings is 1. The second kappa shape index (κ2) is 6.98. The summed E-state index contributed by atoms with van der Waals surface area (Å²) in [7, 11) is 0. The molecule has 6 nitrogen and oxygen atoms in total. The van der Waals surface area contributed by atoms with Crippen LogP contribution in [0.5, 0.6) is 0 Å². The van der Waals surface area contributed by atoms with Crippen molar-refractivity contribution in [3.63, 3.8) is 0 Å². The molecule has 0 amide bonds. The molecule has 1 fully saturated rings. The summed E-state index contributed by atoms with van der Waals surface area (Å²) in [6, 6.07) is 4.88. The van der Waals surface area contributed by atoms with Crippen LogP contribution in [-0.2, 0) is 14.3 Å². The largest absolute Gasteiger partial charge is 0.459 e. The van der Waals surface area contributed by atoms with E-state index in [4.69, 9.17) is 20.9 Å². The van der Waals surface area contributed by atoms with Crippen molar-refractivity contribution in [3.8, 4) is 0 Å². The lowest BCUT2D eigenvalue weighted by atomic mass is 9.95. The maximum absolute atomic E-state index is 12.1. The Bertz CT molecular complexity index is 578. The fourth-order valence-electron chi connectivity index (χ4n) is 2.46. The quantitative estimate of drug-likeness (QED) is 0.501. The molecule has 0 aliphatic heterocycles. The van der Waals surface area contributed by atoms with E-state index >= 15 is 0 Å². The molecule has 0 atom stereocenters. The summed E-state index contributed by atoms with van der Waals surface area (Å²) in [5.41, 5.74) is 12.3. The number of ether oxygens (including phenoxy) is 2. The van der Waals surface area contributed by atoms with E-state index in [1.165, 1.54) is 0 Å². The highest BCUT2D eigenvalue weighted by molar-refractivity contribution is 5.98. The SMILES string of the molecule is C=CC(=O)OC1CCC(OC(=O)c2cccc(N)c2N)CC1. The van der Waals surface area contributed by atoms with Gasteiger partial charge in [0.15, 0.2) is 0 Å². The lowest BCUT2D eigenvalue weighted by molar-refractivity contribution is -0.145. The average molecular weight is 304 g/mol. The van der Waals surface area contributed by atoms with Crippen LogP contribution in [0.2, 0.25) is 0 Å². The van der Waals surface area contributed by atoms with Crippen LogP contribution in [0.15, 0.2) is 30.9 Å². The van der Waals surface area contributed by atoms with E-state index in [-0.39, 0.29) is 23.5 Å². The van der Waals surface area contributed by atoms with Crippen molar-refractivity contribution in [1.29, 1.82) is 0 Å². The first-order valence-electron chi connectivity index (χ1n) is 7.19. The lowest BCUT2D eigenvalue weighted by Gasteiger charge is -2.28. The molecule has 0 heterocycles. The number of carbonyl (C=O) groups is 2. The number of nitrogens with two attached hydrogens (primary N) is 2. The summed E-state index contributed by atoms with van der Waals surface area (Å²) >= 11 is 0. The summed E-state index contributed by atoms with van der Waals surface area (Å²) in [6.07, 6.45) is 3.40. The van der Waals surface area contributed by atoms with Gasteiger partial charge in [-0.1, -0.05) is 12.6 Å². The number of hydrogen-bond donors (Lipinski definition) is 2. The van der Waals surface area contributed by atoms with E-state index < -0.39 is 11.9 Å². The lowest BCUT2D eigenvalue weighted by Crippen LogP contribution is -2.29. The van der Waals surface area contributed by atoms with Crippen molar-refractivity contribution in [2.75, 3.05) is 11.5 Å². The molecule has 0 aromatic heterocycles. The Morgan fingerprint density at radius 3 is 2.27 bits per heavy atom. The Morgan fingerprint density at radius 1 is 1.09 bits per heavy atom. The van der Waals surface area contributed by atoms with Gasteiger partial charge in [0.1, 0.15) is 12.2 Å². The van der Waals surface area contributed by atoms with Crippen molar-refractivity contribution >= 4 is 23.3 Å². The first-order chi connectivity index (χ1) is 10.5. The van der Waals surface area contributed by atoms with Gasteiger partial charge in [-0.2, -0.15) is 0 Å². The minimum atomic E-state index is -0.476. The van der Waals surface area contributed by atoms with E-state index in [9.17, 15) is 9.59 Å².